The molecule has 0 heterocycles. The molecule has 0 bridgehead atoms. The van der Waals surface area contributed by atoms with Gasteiger partial charge >= 0.3 is 17.9 Å². The van der Waals surface area contributed by atoms with Gasteiger partial charge in [-0.1, -0.05) is 216 Å². The van der Waals surface area contributed by atoms with Crippen LogP contribution < -0.4 is 0 Å². The summed E-state index contributed by atoms with van der Waals surface area (Å²) >= 11 is 0. The normalized spacial score (nSPS) is 12.5. The van der Waals surface area contributed by atoms with Crippen LogP contribution in [0.2, 0.25) is 0 Å². The van der Waals surface area contributed by atoms with Gasteiger partial charge in [0.25, 0.3) is 0 Å². The molecule has 62 heavy (non-hydrogen) atoms. The molecule has 6 heteroatoms. The van der Waals surface area contributed by atoms with Gasteiger partial charge in [0.1, 0.15) is 13.2 Å². The molecule has 0 aromatic heterocycles. The van der Waals surface area contributed by atoms with Gasteiger partial charge in [-0.3, -0.25) is 14.4 Å². The van der Waals surface area contributed by atoms with Crippen LogP contribution >= 0.6 is 0 Å². The maximum absolute atomic E-state index is 12.8. The van der Waals surface area contributed by atoms with Crippen LogP contribution in [0, 0.1) is 0 Å². The predicted octanol–water partition coefficient (Wildman–Crippen LogP) is 17.3. The second-order valence-electron chi connectivity index (χ2n) is 17.4. The highest BCUT2D eigenvalue weighted by atomic mass is 16.6. The van der Waals surface area contributed by atoms with E-state index in [1.54, 1.807) is 0 Å². The highest BCUT2D eigenvalue weighted by Gasteiger charge is 2.19. The maximum atomic E-state index is 12.8. The van der Waals surface area contributed by atoms with Crippen molar-refractivity contribution in [2.45, 2.75) is 264 Å². The quantitative estimate of drug-likeness (QED) is 0.0262. The Balaban J connectivity index is 4.46. The van der Waals surface area contributed by atoms with Crippen LogP contribution in [0.15, 0.2) is 60.8 Å². The van der Waals surface area contributed by atoms with E-state index in [4.69, 9.17) is 14.2 Å². The Hall–Kier alpha value is -2.89. The summed E-state index contributed by atoms with van der Waals surface area (Å²) in [6.45, 7) is 6.56. The Morgan fingerprint density at radius 1 is 0.323 bits per heavy atom. The molecule has 0 unspecified atom stereocenters. The molecule has 0 aromatic carbocycles. The van der Waals surface area contributed by atoms with Crippen molar-refractivity contribution in [1.82, 2.24) is 0 Å². The fourth-order valence-electron chi connectivity index (χ4n) is 7.25. The molecule has 0 saturated heterocycles. The minimum absolute atomic E-state index is 0.0926. The lowest BCUT2D eigenvalue weighted by atomic mass is 10.0. The minimum Gasteiger partial charge on any atom is -0.462 e. The van der Waals surface area contributed by atoms with Gasteiger partial charge in [-0.25, -0.2) is 0 Å². The highest BCUT2D eigenvalue weighted by molar-refractivity contribution is 5.71. The molecule has 0 rings (SSSR count). The van der Waals surface area contributed by atoms with Crippen molar-refractivity contribution in [2.24, 2.45) is 0 Å². The molecule has 0 spiro atoms. The lowest BCUT2D eigenvalue weighted by Gasteiger charge is -2.18. The average molecular weight is 867 g/mol. The molecule has 0 fully saturated rings. The monoisotopic (exact) mass is 867 g/mol. The summed E-state index contributed by atoms with van der Waals surface area (Å²) in [4.78, 5) is 37.9. The SMILES string of the molecule is CCCCC/C=C\C/C=C\C/C=C\C/C=C\CCCC(=O)OC[C@@H](COC(=O)CCCCCCCCCCCCCC)OC(=O)CCCCCCC/C=C\CCCCCCCC. The van der Waals surface area contributed by atoms with E-state index in [2.05, 4.69) is 81.5 Å². The first-order valence-electron chi connectivity index (χ1n) is 26.3. The summed E-state index contributed by atoms with van der Waals surface area (Å²) in [5, 5.41) is 0. The van der Waals surface area contributed by atoms with Crippen molar-refractivity contribution < 1.29 is 28.6 Å². The minimum atomic E-state index is -0.797. The molecule has 0 aliphatic rings. The van der Waals surface area contributed by atoms with Gasteiger partial charge < -0.3 is 14.2 Å². The summed E-state index contributed by atoms with van der Waals surface area (Å²) in [6.07, 6.45) is 62.0. The Morgan fingerprint density at radius 3 is 1.02 bits per heavy atom. The third-order valence-corrected chi connectivity index (χ3v) is 11.2. The molecular weight excluding hydrogens is 769 g/mol. The zero-order valence-corrected chi connectivity index (χ0v) is 40.9. The number of carbonyl (C=O) groups is 3. The van der Waals surface area contributed by atoms with Gasteiger partial charge in [0.2, 0.25) is 0 Å². The molecule has 358 valence electrons. The van der Waals surface area contributed by atoms with E-state index >= 15 is 0 Å². The highest BCUT2D eigenvalue weighted by Crippen LogP contribution is 2.14. The van der Waals surface area contributed by atoms with Crippen molar-refractivity contribution >= 4 is 17.9 Å². The summed E-state index contributed by atoms with van der Waals surface area (Å²) in [5.41, 5.74) is 0. The van der Waals surface area contributed by atoms with E-state index in [9.17, 15) is 14.4 Å². The molecule has 0 aromatic rings. The molecule has 0 radical (unpaired) electrons. The van der Waals surface area contributed by atoms with E-state index in [0.29, 0.717) is 19.3 Å². The van der Waals surface area contributed by atoms with Gasteiger partial charge in [-0.05, 0) is 83.5 Å². The van der Waals surface area contributed by atoms with E-state index in [0.717, 1.165) is 77.0 Å². The van der Waals surface area contributed by atoms with Crippen LogP contribution in [-0.2, 0) is 28.6 Å². The van der Waals surface area contributed by atoms with Crippen LogP contribution in [0.5, 0.6) is 0 Å². The Bertz CT molecular complexity index is 1130. The van der Waals surface area contributed by atoms with E-state index in [-0.39, 0.29) is 37.5 Å². The number of carbonyl (C=O) groups excluding carboxylic acids is 3. The first-order chi connectivity index (χ1) is 30.5. The van der Waals surface area contributed by atoms with Gasteiger partial charge in [0, 0.05) is 19.3 Å². The molecule has 1 atom stereocenters. The summed E-state index contributed by atoms with van der Waals surface area (Å²) in [7, 11) is 0. The topological polar surface area (TPSA) is 78.9 Å². The number of hydrogen-bond acceptors (Lipinski definition) is 6. The van der Waals surface area contributed by atoms with E-state index in [1.807, 2.05) is 0 Å². The number of unbranched alkanes of at least 4 members (excludes halogenated alkanes) is 26. The number of ether oxygens (including phenoxy) is 3. The summed E-state index contributed by atoms with van der Waals surface area (Å²) in [6, 6.07) is 0. The molecule has 0 N–H and O–H groups in total. The maximum Gasteiger partial charge on any atom is 0.306 e. The second-order valence-corrected chi connectivity index (χ2v) is 17.4. The smallest absolute Gasteiger partial charge is 0.306 e. The van der Waals surface area contributed by atoms with Crippen molar-refractivity contribution in [3.05, 3.63) is 60.8 Å². The molecule has 6 nitrogen and oxygen atoms in total. The third kappa shape index (κ3) is 48.1. The first-order valence-corrected chi connectivity index (χ1v) is 26.3. The fraction of sp³-hybridized carbons (Fsp3) is 0.768. The Labute approximate surface area is 383 Å². The van der Waals surface area contributed by atoms with E-state index < -0.39 is 6.10 Å². The largest absolute Gasteiger partial charge is 0.462 e. The van der Waals surface area contributed by atoms with Crippen molar-refractivity contribution in [2.75, 3.05) is 13.2 Å². The fourth-order valence-corrected chi connectivity index (χ4v) is 7.25. The number of hydrogen-bond donors (Lipinski definition) is 0. The molecule has 0 amide bonds. The number of rotatable bonds is 47. The van der Waals surface area contributed by atoms with Gasteiger partial charge in [0.15, 0.2) is 6.10 Å². The van der Waals surface area contributed by atoms with Crippen LogP contribution in [0.1, 0.15) is 258 Å². The Morgan fingerprint density at radius 2 is 0.597 bits per heavy atom. The molecule has 0 aliphatic heterocycles. The summed E-state index contributed by atoms with van der Waals surface area (Å²) < 4.78 is 16.7. The zero-order chi connectivity index (χ0) is 45.1. The third-order valence-electron chi connectivity index (χ3n) is 11.2. The number of allylic oxidation sites excluding steroid dienone is 10. The van der Waals surface area contributed by atoms with Crippen LogP contribution in [0.4, 0.5) is 0 Å². The predicted molar refractivity (Wildman–Crippen MR) is 265 cm³/mol. The zero-order valence-electron chi connectivity index (χ0n) is 40.9. The molecular formula is C56H98O6. The lowest BCUT2D eigenvalue weighted by molar-refractivity contribution is -0.167. The standard InChI is InChI=1S/C56H98O6/c1-4-7-10-13-16-19-22-25-27-28-30-31-34-37-40-43-46-49-55(58)61-52-53(51-60-54(57)48-45-42-39-36-33-24-21-18-15-12-9-6-3)62-56(59)50-47-44-41-38-35-32-29-26-23-20-17-14-11-8-5-2/h16,19,25-27,29-31,37,40,53H,4-15,17-18,20-24,28,32-36,38-39,41-52H2,1-3H3/b19-16-,27-25-,29-26-,31-30-,40-37-/t53-/m1/s1. The summed E-state index contributed by atoms with van der Waals surface area (Å²) in [5.74, 6) is -0.955. The van der Waals surface area contributed by atoms with E-state index in [1.165, 1.54) is 135 Å². The van der Waals surface area contributed by atoms with Crippen LogP contribution in [0.25, 0.3) is 0 Å². The molecule has 0 aliphatic carbocycles. The van der Waals surface area contributed by atoms with Gasteiger partial charge in [-0.15, -0.1) is 0 Å². The number of esters is 3. The first kappa shape index (κ1) is 59.1. The Kier molecular flexibility index (Phi) is 48.4. The average Bonchev–Trinajstić information content (AvgIpc) is 3.27. The van der Waals surface area contributed by atoms with Gasteiger partial charge in [0.05, 0.1) is 0 Å². The second kappa shape index (κ2) is 50.8. The van der Waals surface area contributed by atoms with Crippen LogP contribution in [0.3, 0.4) is 0 Å². The van der Waals surface area contributed by atoms with Crippen molar-refractivity contribution in [3.8, 4) is 0 Å². The van der Waals surface area contributed by atoms with Gasteiger partial charge in [-0.2, -0.15) is 0 Å². The van der Waals surface area contributed by atoms with Crippen LogP contribution in [-0.4, -0.2) is 37.2 Å². The molecule has 0 saturated carbocycles. The van der Waals surface area contributed by atoms with Crippen molar-refractivity contribution in [3.63, 3.8) is 0 Å². The lowest BCUT2D eigenvalue weighted by Crippen LogP contribution is -2.30. The van der Waals surface area contributed by atoms with Crippen molar-refractivity contribution in [1.29, 1.82) is 0 Å².